The van der Waals surface area contributed by atoms with E-state index in [0.717, 1.165) is 25.2 Å². The molecule has 3 unspecified atom stereocenters. The van der Waals surface area contributed by atoms with Crippen LogP contribution in [0.1, 0.15) is 24.9 Å². The standard InChI is InChI=1S/C15H22N2O2/c1-11(14(16)13-5-3-2-4-6-13)15(18)17-9-12-7-8-19-10-12/h2-6,11-12,14H,7-10,16H2,1H3,(H,17,18). The first-order chi connectivity index (χ1) is 9.18. The quantitative estimate of drug-likeness (QED) is 0.844. The molecule has 0 radical (unpaired) electrons. The summed E-state index contributed by atoms with van der Waals surface area (Å²) in [5.41, 5.74) is 7.13. The number of carbonyl (C=O) groups is 1. The highest BCUT2D eigenvalue weighted by atomic mass is 16.5. The highest BCUT2D eigenvalue weighted by Crippen LogP contribution is 2.19. The van der Waals surface area contributed by atoms with Crippen molar-refractivity contribution >= 4 is 5.91 Å². The van der Waals surface area contributed by atoms with Gasteiger partial charge in [-0.1, -0.05) is 37.3 Å². The fourth-order valence-electron chi connectivity index (χ4n) is 2.28. The summed E-state index contributed by atoms with van der Waals surface area (Å²) in [5, 5.41) is 2.98. The van der Waals surface area contributed by atoms with Crippen LogP contribution in [-0.2, 0) is 9.53 Å². The van der Waals surface area contributed by atoms with E-state index in [0.29, 0.717) is 12.5 Å². The van der Waals surface area contributed by atoms with Gasteiger partial charge in [0.15, 0.2) is 0 Å². The Bertz CT molecular complexity index is 402. The van der Waals surface area contributed by atoms with Crippen LogP contribution < -0.4 is 11.1 Å². The highest BCUT2D eigenvalue weighted by molar-refractivity contribution is 5.79. The van der Waals surface area contributed by atoms with Crippen LogP contribution in [0.5, 0.6) is 0 Å². The Labute approximate surface area is 114 Å². The summed E-state index contributed by atoms with van der Waals surface area (Å²) >= 11 is 0. The molecule has 0 bridgehead atoms. The second kappa shape index (κ2) is 6.68. The van der Waals surface area contributed by atoms with E-state index < -0.39 is 0 Å². The number of hydrogen-bond acceptors (Lipinski definition) is 3. The fraction of sp³-hybridized carbons (Fsp3) is 0.533. The maximum atomic E-state index is 12.1. The van der Waals surface area contributed by atoms with Gasteiger partial charge in [0.05, 0.1) is 12.5 Å². The lowest BCUT2D eigenvalue weighted by molar-refractivity contribution is -0.125. The zero-order valence-corrected chi connectivity index (χ0v) is 11.3. The summed E-state index contributed by atoms with van der Waals surface area (Å²) in [6, 6.07) is 9.48. The van der Waals surface area contributed by atoms with Gasteiger partial charge in [0.2, 0.25) is 5.91 Å². The number of nitrogens with one attached hydrogen (secondary N) is 1. The Morgan fingerprint density at radius 3 is 2.84 bits per heavy atom. The average Bonchev–Trinajstić information content (AvgIpc) is 2.97. The number of ether oxygens (including phenoxy) is 1. The van der Waals surface area contributed by atoms with E-state index in [9.17, 15) is 4.79 Å². The zero-order chi connectivity index (χ0) is 13.7. The molecule has 1 aromatic carbocycles. The van der Waals surface area contributed by atoms with Gasteiger partial charge in [0, 0.05) is 25.1 Å². The number of benzene rings is 1. The summed E-state index contributed by atoms with van der Waals surface area (Å²) in [5.74, 6) is 0.233. The minimum Gasteiger partial charge on any atom is -0.381 e. The molecule has 0 spiro atoms. The molecule has 4 nitrogen and oxygen atoms in total. The van der Waals surface area contributed by atoms with Crippen LogP contribution >= 0.6 is 0 Å². The molecule has 2 rings (SSSR count). The van der Waals surface area contributed by atoms with Gasteiger partial charge in [0.1, 0.15) is 0 Å². The molecule has 1 amide bonds. The minimum absolute atomic E-state index is 0.0169. The van der Waals surface area contributed by atoms with Gasteiger partial charge < -0.3 is 15.8 Å². The van der Waals surface area contributed by atoms with Gasteiger partial charge in [-0.25, -0.2) is 0 Å². The second-order valence-corrected chi connectivity index (χ2v) is 5.20. The molecule has 1 aromatic rings. The van der Waals surface area contributed by atoms with E-state index in [4.69, 9.17) is 10.5 Å². The molecule has 3 N–H and O–H groups in total. The molecule has 1 heterocycles. The molecular weight excluding hydrogens is 240 g/mol. The maximum Gasteiger partial charge on any atom is 0.224 e. The van der Waals surface area contributed by atoms with Crippen molar-refractivity contribution in [3.05, 3.63) is 35.9 Å². The molecule has 19 heavy (non-hydrogen) atoms. The van der Waals surface area contributed by atoms with Gasteiger partial charge in [0.25, 0.3) is 0 Å². The Kier molecular flexibility index (Phi) is 4.93. The van der Waals surface area contributed by atoms with Gasteiger partial charge in [-0.05, 0) is 12.0 Å². The maximum absolute atomic E-state index is 12.1. The SMILES string of the molecule is CC(C(=O)NCC1CCOC1)C(N)c1ccccc1. The number of rotatable bonds is 5. The minimum atomic E-state index is -0.263. The van der Waals surface area contributed by atoms with Crippen molar-refractivity contribution < 1.29 is 9.53 Å². The second-order valence-electron chi connectivity index (χ2n) is 5.20. The molecule has 1 aliphatic heterocycles. The van der Waals surface area contributed by atoms with Gasteiger partial charge in [-0.15, -0.1) is 0 Å². The lowest BCUT2D eigenvalue weighted by Gasteiger charge is -2.20. The fourth-order valence-corrected chi connectivity index (χ4v) is 2.28. The Morgan fingerprint density at radius 2 is 2.21 bits per heavy atom. The Hall–Kier alpha value is -1.39. The summed E-state index contributed by atoms with van der Waals surface area (Å²) in [6.45, 7) is 4.11. The highest BCUT2D eigenvalue weighted by Gasteiger charge is 2.23. The topological polar surface area (TPSA) is 64.3 Å². The number of amides is 1. The van der Waals surface area contributed by atoms with Crippen LogP contribution in [0.4, 0.5) is 0 Å². The molecule has 3 atom stereocenters. The first-order valence-corrected chi connectivity index (χ1v) is 6.84. The lowest BCUT2D eigenvalue weighted by Crippen LogP contribution is -2.38. The first kappa shape index (κ1) is 14.0. The molecule has 1 saturated heterocycles. The van der Waals surface area contributed by atoms with E-state index in [1.165, 1.54) is 0 Å². The molecule has 1 fully saturated rings. The lowest BCUT2D eigenvalue weighted by atomic mass is 9.94. The van der Waals surface area contributed by atoms with E-state index in [1.807, 2.05) is 37.3 Å². The van der Waals surface area contributed by atoms with Crippen molar-refractivity contribution in [3.63, 3.8) is 0 Å². The predicted molar refractivity (Wildman–Crippen MR) is 74.5 cm³/mol. The van der Waals surface area contributed by atoms with Gasteiger partial charge >= 0.3 is 0 Å². The zero-order valence-electron chi connectivity index (χ0n) is 11.3. The number of hydrogen-bond donors (Lipinski definition) is 2. The predicted octanol–water partition coefficient (Wildman–Crippen LogP) is 1.48. The first-order valence-electron chi connectivity index (χ1n) is 6.84. The third-order valence-corrected chi connectivity index (χ3v) is 3.73. The summed E-state index contributed by atoms with van der Waals surface area (Å²) in [7, 11) is 0. The van der Waals surface area contributed by atoms with Crippen LogP contribution in [0, 0.1) is 11.8 Å². The van der Waals surface area contributed by atoms with Crippen LogP contribution in [0.3, 0.4) is 0 Å². The van der Waals surface area contributed by atoms with Crippen molar-refractivity contribution in [2.24, 2.45) is 17.6 Å². The normalized spacial score (nSPS) is 21.9. The van der Waals surface area contributed by atoms with E-state index >= 15 is 0 Å². The van der Waals surface area contributed by atoms with Crippen LogP contribution in [0.2, 0.25) is 0 Å². The molecule has 0 aliphatic carbocycles. The summed E-state index contributed by atoms with van der Waals surface area (Å²) in [6.07, 6.45) is 1.03. The monoisotopic (exact) mass is 262 g/mol. The van der Waals surface area contributed by atoms with Crippen molar-refractivity contribution in [3.8, 4) is 0 Å². The van der Waals surface area contributed by atoms with Gasteiger partial charge in [-0.2, -0.15) is 0 Å². The molecule has 1 aliphatic rings. The molecule has 0 aromatic heterocycles. The Balaban J connectivity index is 1.84. The average molecular weight is 262 g/mol. The van der Waals surface area contributed by atoms with Crippen molar-refractivity contribution in [2.45, 2.75) is 19.4 Å². The molecule has 104 valence electrons. The summed E-state index contributed by atoms with van der Waals surface area (Å²) < 4.78 is 5.29. The number of carbonyl (C=O) groups excluding carboxylic acids is 1. The van der Waals surface area contributed by atoms with Crippen LogP contribution in [0.25, 0.3) is 0 Å². The van der Waals surface area contributed by atoms with Crippen LogP contribution in [-0.4, -0.2) is 25.7 Å². The van der Waals surface area contributed by atoms with E-state index in [1.54, 1.807) is 0 Å². The number of nitrogens with two attached hydrogens (primary N) is 1. The van der Waals surface area contributed by atoms with Crippen molar-refractivity contribution in [2.75, 3.05) is 19.8 Å². The molecule has 4 heteroatoms. The third kappa shape index (κ3) is 3.78. The van der Waals surface area contributed by atoms with Gasteiger partial charge in [-0.3, -0.25) is 4.79 Å². The molecular formula is C15H22N2O2. The van der Waals surface area contributed by atoms with Crippen LogP contribution in [0.15, 0.2) is 30.3 Å². The van der Waals surface area contributed by atoms with E-state index in [-0.39, 0.29) is 17.9 Å². The van der Waals surface area contributed by atoms with Crippen molar-refractivity contribution in [1.29, 1.82) is 0 Å². The third-order valence-electron chi connectivity index (χ3n) is 3.73. The van der Waals surface area contributed by atoms with E-state index in [2.05, 4.69) is 5.32 Å². The largest absolute Gasteiger partial charge is 0.381 e. The summed E-state index contributed by atoms with van der Waals surface area (Å²) in [4.78, 5) is 12.1. The Morgan fingerprint density at radius 1 is 1.47 bits per heavy atom. The van der Waals surface area contributed by atoms with Crippen molar-refractivity contribution in [1.82, 2.24) is 5.32 Å². The molecule has 0 saturated carbocycles. The smallest absolute Gasteiger partial charge is 0.224 e.